The molecule has 1 fully saturated rings. The van der Waals surface area contributed by atoms with E-state index in [1.54, 1.807) is 25.3 Å². The van der Waals surface area contributed by atoms with Gasteiger partial charge in [0.15, 0.2) is 0 Å². The quantitative estimate of drug-likeness (QED) is 0.769. The second kappa shape index (κ2) is 5.27. The lowest BCUT2D eigenvalue weighted by molar-refractivity contribution is 0.0351. The van der Waals surface area contributed by atoms with Crippen LogP contribution in [-0.4, -0.2) is 37.1 Å². The van der Waals surface area contributed by atoms with E-state index in [9.17, 15) is 4.79 Å². The summed E-state index contributed by atoms with van der Waals surface area (Å²) >= 11 is 0. The van der Waals surface area contributed by atoms with E-state index in [1.165, 1.54) is 0 Å². The van der Waals surface area contributed by atoms with Crippen LogP contribution in [-0.2, 0) is 4.74 Å². The molecule has 0 aromatic heterocycles. The SMILES string of the molecule is COC1CCN(C(=O)c2cc(N)cc(N)c2)CC1. The summed E-state index contributed by atoms with van der Waals surface area (Å²) in [6.45, 7) is 1.43. The van der Waals surface area contributed by atoms with Gasteiger partial charge in [0.25, 0.3) is 5.91 Å². The van der Waals surface area contributed by atoms with E-state index in [-0.39, 0.29) is 12.0 Å². The lowest BCUT2D eigenvalue weighted by Gasteiger charge is -2.31. The number of carbonyl (C=O) groups excluding carboxylic acids is 1. The number of piperidine rings is 1. The van der Waals surface area contributed by atoms with Crippen molar-refractivity contribution in [1.29, 1.82) is 0 Å². The number of nitrogen functional groups attached to an aromatic ring is 2. The summed E-state index contributed by atoms with van der Waals surface area (Å²) in [6, 6.07) is 4.98. The fourth-order valence-corrected chi connectivity index (χ4v) is 2.28. The fraction of sp³-hybridized carbons (Fsp3) is 0.462. The minimum Gasteiger partial charge on any atom is -0.399 e. The minimum absolute atomic E-state index is 0.0106. The number of hydrogen-bond acceptors (Lipinski definition) is 4. The van der Waals surface area contributed by atoms with Crippen molar-refractivity contribution in [2.75, 3.05) is 31.7 Å². The van der Waals surface area contributed by atoms with E-state index in [0.717, 1.165) is 12.8 Å². The molecule has 0 atom stereocenters. The maximum Gasteiger partial charge on any atom is 0.254 e. The maximum atomic E-state index is 12.3. The number of nitrogens with zero attached hydrogens (tertiary/aromatic N) is 1. The Hall–Kier alpha value is -1.75. The molecule has 18 heavy (non-hydrogen) atoms. The molecule has 1 aliphatic rings. The number of rotatable bonds is 2. The van der Waals surface area contributed by atoms with Crippen molar-refractivity contribution in [3.63, 3.8) is 0 Å². The first-order chi connectivity index (χ1) is 8.60. The zero-order chi connectivity index (χ0) is 13.1. The van der Waals surface area contributed by atoms with E-state index in [2.05, 4.69) is 0 Å². The van der Waals surface area contributed by atoms with Crippen molar-refractivity contribution >= 4 is 17.3 Å². The molecule has 1 amide bonds. The Morgan fingerprint density at radius 1 is 1.22 bits per heavy atom. The molecule has 0 saturated carbocycles. The lowest BCUT2D eigenvalue weighted by atomic mass is 10.1. The predicted molar refractivity (Wildman–Crippen MR) is 71.2 cm³/mol. The lowest BCUT2D eigenvalue weighted by Crippen LogP contribution is -2.40. The molecule has 98 valence electrons. The van der Waals surface area contributed by atoms with Crippen LogP contribution < -0.4 is 11.5 Å². The summed E-state index contributed by atoms with van der Waals surface area (Å²) in [5.41, 5.74) is 13.0. The molecule has 2 rings (SSSR count). The number of carbonyl (C=O) groups is 1. The Morgan fingerprint density at radius 3 is 2.28 bits per heavy atom. The molecule has 1 aliphatic heterocycles. The van der Waals surface area contributed by atoms with Crippen LogP contribution in [0.4, 0.5) is 11.4 Å². The van der Waals surface area contributed by atoms with Gasteiger partial charge < -0.3 is 21.1 Å². The Morgan fingerprint density at radius 2 is 1.78 bits per heavy atom. The maximum absolute atomic E-state index is 12.3. The number of hydrogen-bond donors (Lipinski definition) is 2. The third-order valence-corrected chi connectivity index (χ3v) is 3.29. The van der Waals surface area contributed by atoms with Crippen LogP contribution in [0.5, 0.6) is 0 Å². The van der Waals surface area contributed by atoms with Crippen molar-refractivity contribution in [3.8, 4) is 0 Å². The van der Waals surface area contributed by atoms with Gasteiger partial charge in [-0.3, -0.25) is 4.79 Å². The third kappa shape index (κ3) is 2.73. The van der Waals surface area contributed by atoms with Crippen LogP contribution in [0.2, 0.25) is 0 Å². The molecule has 4 N–H and O–H groups in total. The first kappa shape index (κ1) is 12.7. The highest BCUT2D eigenvalue weighted by atomic mass is 16.5. The Balaban J connectivity index is 2.07. The van der Waals surface area contributed by atoms with Gasteiger partial charge >= 0.3 is 0 Å². The molecule has 0 aliphatic carbocycles. The first-order valence-corrected chi connectivity index (χ1v) is 6.08. The first-order valence-electron chi connectivity index (χ1n) is 6.08. The van der Waals surface area contributed by atoms with Gasteiger partial charge in [0.2, 0.25) is 0 Å². The van der Waals surface area contributed by atoms with Crippen LogP contribution in [0.25, 0.3) is 0 Å². The van der Waals surface area contributed by atoms with Gasteiger partial charge in [-0.15, -0.1) is 0 Å². The molecule has 0 spiro atoms. The number of amides is 1. The highest BCUT2D eigenvalue weighted by Gasteiger charge is 2.23. The van der Waals surface area contributed by atoms with Crippen LogP contribution in [0.1, 0.15) is 23.2 Å². The van der Waals surface area contributed by atoms with E-state index in [1.807, 2.05) is 4.90 Å². The second-order valence-electron chi connectivity index (χ2n) is 4.62. The number of methoxy groups -OCH3 is 1. The largest absolute Gasteiger partial charge is 0.399 e. The topological polar surface area (TPSA) is 81.6 Å². The fourth-order valence-electron chi connectivity index (χ4n) is 2.28. The minimum atomic E-state index is -0.0106. The average molecular weight is 249 g/mol. The van der Waals surface area contributed by atoms with Gasteiger partial charge in [0.1, 0.15) is 0 Å². The summed E-state index contributed by atoms with van der Waals surface area (Å²) in [7, 11) is 1.71. The molecule has 5 nitrogen and oxygen atoms in total. The van der Waals surface area contributed by atoms with E-state index in [0.29, 0.717) is 30.0 Å². The summed E-state index contributed by atoms with van der Waals surface area (Å²) in [5, 5.41) is 0. The number of nitrogens with two attached hydrogens (primary N) is 2. The van der Waals surface area contributed by atoms with Gasteiger partial charge in [0, 0.05) is 37.1 Å². The van der Waals surface area contributed by atoms with Crippen molar-refractivity contribution in [1.82, 2.24) is 4.90 Å². The van der Waals surface area contributed by atoms with Crippen LogP contribution in [0.3, 0.4) is 0 Å². The van der Waals surface area contributed by atoms with Crippen LogP contribution in [0.15, 0.2) is 18.2 Å². The van der Waals surface area contributed by atoms with Crippen LogP contribution >= 0.6 is 0 Å². The zero-order valence-corrected chi connectivity index (χ0v) is 10.6. The smallest absolute Gasteiger partial charge is 0.254 e. The predicted octanol–water partition coefficient (Wildman–Crippen LogP) is 1.10. The summed E-state index contributed by atoms with van der Waals surface area (Å²) < 4.78 is 5.29. The zero-order valence-electron chi connectivity index (χ0n) is 10.6. The average Bonchev–Trinajstić information content (AvgIpc) is 2.37. The molecule has 0 bridgehead atoms. The van der Waals surface area contributed by atoms with Gasteiger partial charge in [-0.25, -0.2) is 0 Å². The molecule has 1 aromatic carbocycles. The Kier molecular flexibility index (Phi) is 3.72. The van der Waals surface area contributed by atoms with Gasteiger partial charge in [-0.2, -0.15) is 0 Å². The highest BCUT2D eigenvalue weighted by Crippen LogP contribution is 2.19. The Labute approximate surface area is 107 Å². The number of anilines is 2. The van der Waals surface area contributed by atoms with Crippen molar-refractivity contribution in [2.45, 2.75) is 18.9 Å². The Bertz CT molecular complexity index is 420. The summed E-state index contributed by atoms with van der Waals surface area (Å²) in [4.78, 5) is 14.1. The normalized spacial score (nSPS) is 16.8. The van der Waals surface area contributed by atoms with Crippen LogP contribution in [0, 0.1) is 0 Å². The molecule has 1 saturated heterocycles. The molecule has 1 heterocycles. The van der Waals surface area contributed by atoms with Crippen molar-refractivity contribution in [3.05, 3.63) is 23.8 Å². The van der Waals surface area contributed by atoms with E-state index in [4.69, 9.17) is 16.2 Å². The standard InChI is InChI=1S/C13H19N3O2/c1-18-12-2-4-16(5-3-12)13(17)9-6-10(14)8-11(15)7-9/h6-8,12H,2-5,14-15H2,1H3. The van der Waals surface area contributed by atoms with Crippen molar-refractivity contribution < 1.29 is 9.53 Å². The monoisotopic (exact) mass is 249 g/mol. The third-order valence-electron chi connectivity index (χ3n) is 3.29. The van der Waals surface area contributed by atoms with Gasteiger partial charge in [0.05, 0.1) is 6.10 Å². The molecular weight excluding hydrogens is 230 g/mol. The van der Waals surface area contributed by atoms with Gasteiger partial charge in [-0.05, 0) is 31.0 Å². The van der Waals surface area contributed by atoms with Gasteiger partial charge in [-0.1, -0.05) is 0 Å². The summed E-state index contributed by atoms with van der Waals surface area (Å²) in [6.07, 6.45) is 2.01. The summed E-state index contributed by atoms with van der Waals surface area (Å²) in [5.74, 6) is -0.0106. The van der Waals surface area contributed by atoms with Crippen molar-refractivity contribution in [2.24, 2.45) is 0 Å². The molecule has 5 heteroatoms. The molecule has 0 unspecified atom stereocenters. The van der Waals surface area contributed by atoms with E-state index < -0.39 is 0 Å². The van der Waals surface area contributed by atoms with E-state index >= 15 is 0 Å². The number of ether oxygens (including phenoxy) is 1. The molecule has 0 radical (unpaired) electrons. The highest BCUT2D eigenvalue weighted by molar-refractivity contribution is 5.96. The number of benzene rings is 1. The second-order valence-corrected chi connectivity index (χ2v) is 4.62. The molecule has 1 aromatic rings. The molecular formula is C13H19N3O2. The number of likely N-dealkylation sites (tertiary alicyclic amines) is 1.